The largest absolute Gasteiger partial charge is 0.393 e. The molecular formula is C14H23F3N2. The normalized spacial score (nSPS) is 43.4. The van der Waals surface area contributed by atoms with Crippen molar-refractivity contribution in [3.05, 3.63) is 0 Å². The summed E-state index contributed by atoms with van der Waals surface area (Å²) in [5, 5.41) is 3.40. The van der Waals surface area contributed by atoms with E-state index in [1.165, 1.54) is 0 Å². The minimum atomic E-state index is -4.03. The summed E-state index contributed by atoms with van der Waals surface area (Å²) in [6, 6.07) is -0.0300. The van der Waals surface area contributed by atoms with Crippen molar-refractivity contribution in [2.45, 2.75) is 56.8 Å². The van der Waals surface area contributed by atoms with Crippen LogP contribution in [0.2, 0.25) is 0 Å². The maximum absolute atomic E-state index is 13.1. The number of halogens is 3. The van der Waals surface area contributed by atoms with Crippen LogP contribution in [0.15, 0.2) is 0 Å². The molecule has 1 saturated carbocycles. The highest BCUT2D eigenvalue weighted by Crippen LogP contribution is 2.39. The van der Waals surface area contributed by atoms with Crippen LogP contribution in [0.5, 0.6) is 0 Å². The molecule has 0 spiro atoms. The Labute approximate surface area is 112 Å². The zero-order chi connectivity index (χ0) is 13.5. The molecule has 5 unspecified atom stereocenters. The van der Waals surface area contributed by atoms with Gasteiger partial charge in [-0.25, -0.2) is 0 Å². The molecule has 1 N–H and O–H groups in total. The van der Waals surface area contributed by atoms with E-state index in [1.54, 1.807) is 0 Å². The second kappa shape index (κ2) is 5.24. The first-order valence-corrected chi connectivity index (χ1v) is 7.59. The molecule has 0 aromatic rings. The van der Waals surface area contributed by atoms with Gasteiger partial charge in [0.15, 0.2) is 0 Å². The number of piperidine rings is 1. The van der Waals surface area contributed by atoms with Crippen LogP contribution in [-0.4, -0.2) is 42.8 Å². The van der Waals surface area contributed by atoms with E-state index in [1.807, 2.05) is 0 Å². The molecule has 0 aromatic carbocycles. The Bertz CT molecular complexity index is 318. The summed E-state index contributed by atoms with van der Waals surface area (Å²) in [4.78, 5) is 2.44. The maximum Gasteiger partial charge on any atom is 0.393 e. The molecule has 0 amide bonds. The first kappa shape index (κ1) is 13.7. The zero-order valence-electron chi connectivity index (χ0n) is 11.3. The molecule has 0 aromatic heterocycles. The summed E-state index contributed by atoms with van der Waals surface area (Å²) in [5.74, 6) is -0.551. The van der Waals surface area contributed by atoms with Gasteiger partial charge in [-0.3, -0.25) is 0 Å². The highest BCUT2D eigenvalue weighted by Gasteiger charge is 2.46. The second-order valence-corrected chi connectivity index (χ2v) is 6.45. The smallest absolute Gasteiger partial charge is 0.310 e. The van der Waals surface area contributed by atoms with Gasteiger partial charge in [0.2, 0.25) is 0 Å². The van der Waals surface area contributed by atoms with Gasteiger partial charge < -0.3 is 10.2 Å². The predicted molar refractivity (Wildman–Crippen MR) is 67.9 cm³/mol. The van der Waals surface area contributed by atoms with Gasteiger partial charge in [0.25, 0.3) is 0 Å². The van der Waals surface area contributed by atoms with Crippen LogP contribution in [0.1, 0.15) is 38.5 Å². The molecule has 1 aliphatic carbocycles. The van der Waals surface area contributed by atoms with Crippen molar-refractivity contribution in [2.75, 3.05) is 19.6 Å². The summed E-state index contributed by atoms with van der Waals surface area (Å²) in [6.45, 7) is 3.27. The lowest BCUT2D eigenvalue weighted by Gasteiger charge is -2.39. The van der Waals surface area contributed by atoms with Crippen molar-refractivity contribution >= 4 is 0 Å². The zero-order valence-corrected chi connectivity index (χ0v) is 11.3. The van der Waals surface area contributed by atoms with Gasteiger partial charge in [-0.2, -0.15) is 13.2 Å². The molecule has 2 heterocycles. The van der Waals surface area contributed by atoms with Crippen molar-refractivity contribution in [3.63, 3.8) is 0 Å². The van der Waals surface area contributed by atoms with Gasteiger partial charge in [-0.1, -0.05) is 12.8 Å². The first-order valence-electron chi connectivity index (χ1n) is 7.59. The minimum Gasteiger partial charge on any atom is -0.310 e. The maximum atomic E-state index is 13.1. The van der Waals surface area contributed by atoms with Gasteiger partial charge in [0.1, 0.15) is 0 Å². The van der Waals surface area contributed by atoms with E-state index >= 15 is 0 Å². The standard InChI is InChI=1S/C14H23F3N2/c15-14(16,17)11-3-1-2-4-13(11)18-12-6-8-19-7-5-10(12)9-19/h10-13,18H,1-9H2. The summed E-state index contributed by atoms with van der Waals surface area (Å²) < 4.78 is 39.3. The fourth-order valence-corrected chi connectivity index (χ4v) is 4.17. The minimum absolute atomic E-state index is 0.310. The molecule has 110 valence electrons. The number of alkyl halides is 3. The van der Waals surface area contributed by atoms with E-state index in [0.717, 1.165) is 45.3 Å². The number of nitrogens with one attached hydrogen (secondary N) is 1. The summed E-state index contributed by atoms with van der Waals surface area (Å²) in [6.07, 6.45) is 0.807. The van der Waals surface area contributed by atoms with Crippen LogP contribution in [-0.2, 0) is 0 Å². The molecule has 3 rings (SSSR count). The number of rotatable bonds is 2. The van der Waals surface area contributed by atoms with E-state index in [0.29, 0.717) is 24.8 Å². The van der Waals surface area contributed by atoms with Crippen molar-refractivity contribution in [3.8, 4) is 0 Å². The average Bonchev–Trinajstić information content (AvgIpc) is 2.75. The van der Waals surface area contributed by atoms with Crippen molar-refractivity contribution in [1.82, 2.24) is 10.2 Å². The van der Waals surface area contributed by atoms with Crippen LogP contribution in [0.4, 0.5) is 13.2 Å². The summed E-state index contributed by atoms with van der Waals surface area (Å²) in [7, 11) is 0. The Morgan fingerprint density at radius 1 is 0.895 bits per heavy atom. The van der Waals surface area contributed by atoms with Gasteiger partial charge >= 0.3 is 6.18 Å². The molecule has 2 bridgehead atoms. The second-order valence-electron chi connectivity index (χ2n) is 6.45. The monoisotopic (exact) mass is 276 g/mol. The van der Waals surface area contributed by atoms with E-state index in [-0.39, 0.29) is 6.04 Å². The summed E-state index contributed by atoms with van der Waals surface area (Å²) in [5.41, 5.74) is 0. The number of fused-ring (bicyclic) bond motifs is 2. The Hall–Kier alpha value is -0.290. The third-order valence-corrected chi connectivity index (χ3v) is 5.25. The van der Waals surface area contributed by atoms with Crippen LogP contribution in [0.25, 0.3) is 0 Å². The highest BCUT2D eigenvalue weighted by molar-refractivity contribution is 4.95. The lowest BCUT2D eigenvalue weighted by atomic mass is 9.82. The molecule has 5 heteroatoms. The van der Waals surface area contributed by atoms with Gasteiger partial charge in [0.05, 0.1) is 5.92 Å². The number of nitrogens with zero attached hydrogens (tertiary/aromatic N) is 1. The molecule has 5 atom stereocenters. The third-order valence-electron chi connectivity index (χ3n) is 5.25. The van der Waals surface area contributed by atoms with Crippen molar-refractivity contribution in [1.29, 1.82) is 0 Å². The quantitative estimate of drug-likeness (QED) is 0.834. The van der Waals surface area contributed by atoms with E-state index in [4.69, 9.17) is 0 Å². The topological polar surface area (TPSA) is 15.3 Å². The van der Waals surface area contributed by atoms with Gasteiger partial charge in [0, 0.05) is 18.6 Å². The average molecular weight is 276 g/mol. The Balaban J connectivity index is 1.63. The van der Waals surface area contributed by atoms with Crippen LogP contribution in [0.3, 0.4) is 0 Å². The first-order chi connectivity index (χ1) is 9.04. The third kappa shape index (κ3) is 2.92. The fourth-order valence-electron chi connectivity index (χ4n) is 4.17. The highest BCUT2D eigenvalue weighted by atomic mass is 19.4. The Morgan fingerprint density at radius 3 is 2.42 bits per heavy atom. The molecule has 2 saturated heterocycles. The molecular weight excluding hydrogens is 253 g/mol. The van der Waals surface area contributed by atoms with Crippen LogP contribution >= 0.6 is 0 Å². The lowest BCUT2D eigenvalue weighted by molar-refractivity contribution is -0.189. The van der Waals surface area contributed by atoms with Gasteiger partial charge in [-0.05, 0) is 44.7 Å². The fraction of sp³-hybridized carbons (Fsp3) is 1.00. The molecule has 3 fully saturated rings. The van der Waals surface area contributed by atoms with Crippen LogP contribution < -0.4 is 5.32 Å². The molecule has 0 radical (unpaired) electrons. The molecule has 2 nitrogen and oxygen atoms in total. The van der Waals surface area contributed by atoms with Gasteiger partial charge in [-0.15, -0.1) is 0 Å². The number of hydrogen-bond donors (Lipinski definition) is 1. The molecule has 19 heavy (non-hydrogen) atoms. The SMILES string of the molecule is FC(F)(F)C1CCCCC1NC1CCN2CCC1C2. The van der Waals surface area contributed by atoms with E-state index < -0.39 is 12.1 Å². The lowest BCUT2D eigenvalue weighted by Crippen LogP contribution is -2.53. The number of hydrogen-bond acceptors (Lipinski definition) is 2. The predicted octanol–water partition coefficient (Wildman–Crippen LogP) is 2.79. The Morgan fingerprint density at radius 2 is 1.63 bits per heavy atom. The Kier molecular flexibility index (Phi) is 3.78. The van der Waals surface area contributed by atoms with E-state index in [2.05, 4.69) is 10.2 Å². The van der Waals surface area contributed by atoms with Crippen LogP contribution in [0, 0.1) is 11.8 Å². The van der Waals surface area contributed by atoms with Crippen molar-refractivity contribution < 1.29 is 13.2 Å². The molecule has 2 aliphatic heterocycles. The van der Waals surface area contributed by atoms with Crippen molar-refractivity contribution in [2.24, 2.45) is 11.8 Å². The van der Waals surface area contributed by atoms with E-state index in [9.17, 15) is 13.2 Å². The summed E-state index contributed by atoms with van der Waals surface area (Å²) >= 11 is 0. The molecule has 3 aliphatic rings.